The number of thioether (sulfide) groups is 1. The SMILES string of the molecule is CC/C=C\C1=C(C(=O)OC(c2ccccc2)c2ccccc2)N2C(=O)C(N)[C@H]2SC1. The maximum Gasteiger partial charge on any atom is 0.356 e. The summed E-state index contributed by atoms with van der Waals surface area (Å²) < 4.78 is 6.03. The number of amides is 1. The fourth-order valence-electron chi connectivity index (χ4n) is 3.66. The van der Waals surface area contributed by atoms with Crippen molar-refractivity contribution in [2.45, 2.75) is 30.9 Å². The number of esters is 1. The number of hydrogen-bond acceptors (Lipinski definition) is 5. The molecule has 154 valence electrons. The Hall–Kier alpha value is -2.83. The molecule has 4 rings (SSSR count). The number of benzene rings is 2. The summed E-state index contributed by atoms with van der Waals surface area (Å²) in [6.07, 6.45) is 4.17. The average Bonchev–Trinajstić information content (AvgIpc) is 2.81. The van der Waals surface area contributed by atoms with Crippen molar-refractivity contribution in [3.63, 3.8) is 0 Å². The van der Waals surface area contributed by atoms with Crippen LogP contribution < -0.4 is 5.73 Å². The van der Waals surface area contributed by atoms with Gasteiger partial charge in [0, 0.05) is 5.75 Å². The molecule has 6 heteroatoms. The third kappa shape index (κ3) is 3.80. The fraction of sp³-hybridized carbons (Fsp3) is 0.250. The van der Waals surface area contributed by atoms with Crippen LogP contribution in [0.5, 0.6) is 0 Å². The van der Waals surface area contributed by atoms with E-state index in [9.17, 15) is 9.59 Å². The molecule has 1 saturated heterocycles. The first-order valence-corrected chi connectivity index (χ1v) is 11.1. The second kappa shape index (κ2) is 8.90. The number of hydrogen-bond donors (Lipinski definition) is 1. The molecule has 2 heterocycles. The first-order valence-electron chi connectivity index (χ1n) is 10.0. The molecule has 2 aliphatic rings. The van der Waals surface area contributed by atoms with Crippen LogP contribution in [0.4, 0.5) is 0 Å². The van der Waals surface area contributed by atoms with Crippen molar-refractivity contribution in [3.8, 4) is 0 Å². The second-order valence-electron chi connectivity index (χ2n) is 7.23. The van der Waals surface area contributed by atoms with Gasteiger partial charge < -0.3 is 10.5 Å². The van der Waals surface area contributed by atoms with Gasteiger partial charge in [0.1, 0.15) is 17.1 Å². The minimum atomic E-state index is -0.575. The molecule has 0 aromatic heterocycles. The third-order valence-corrected chi connectivity index (χ3v) is 6.54. The van der Waals surface area contributed by atoms with Crippen LogP contribution in [-0.4, -0.2) is 33.9 Å². The van der Waals surface area contributed by atoms with E-state index in [2.05, 4.69) is 0 Å². The molecule has 2 atom stereocenters. The van der Waals surface area contributed by atoms with E-state index in [0.29, 0.717) is 11.4 Å². The topological polar surface area (TPSA) is 72.6 Å². The standard InChI is InChI=1S/C24H24N2O3S/c1-2-3-10-18-15-30-23-19(25)22(27)26(23)20(18)24(28)29-21(16-11-6-4-7-12-16)17-13-8-5-9-14-17/h3-14,19,21,23H,2,15,25H2,1H3/b10-3-/t19?,23-/m1/s1. The Balaban J connectivity index is 1.70. The van der Waals surface area contributed by atoms with E-state index in [1.54, 1.807) is 11.8 Å². The zero-order valence-electron chi connectivity index (χ0n) is 16.7. The molecule has 0 bridgehead atoms. The van der Waals surface area contributed by atoms with E-state index >= 15 is 0 Å². The van der Waals surface area contributed by atoms with Crippen molar-refractivity contribution < 1.29 is 14.3 Å². The Labute approximate surface area is 180 Å². The summed E-state index contributed by atoms with van der Waals surface area (Å²) in [5.41, 5.74) is 8.81. The molecule has 5 nitrogen and oxygen atoms in total. The van der Waals surface area contributed by atoms with Gasteiger partial charge in [-0.15, -0.1) is 11.8 Å². The molecular weight excluding hydrogens is 396 g/mol. The molecular formula is C24H24N2O3S. The van der Waals surface area contributed by atoms with Crippen LogP contribution >= 0.6 is 11.8 Å². The van der Waals surface area contributed by atoms with Gasteiger partial charge in [0.15, 0.2) is 6.10 Å². The van der Waals surface area contributed by atoms with E-state index in [4.69, 9.17) is 10.5 Å². The lowest BCUT2D eigenvalue weighted by Gasteiger charge is -2.48. The van der Waals surface area contributed by atoms with Crippen molar-refractivity contribution in [2.75, 3.05) is 5.75 Å². The van der Waals surface area contributed by atoms with Gasteiger partial charge in [-0.05, 0) is 23.1 Å². The summed E-state index contributed by atoms with van der Waals surface area (Å²) in [7, 11) is 0. The monoisotopic (exact) mass is 420 g/mol. The zero-order chi connectivity index (χ0) is 21.1. The van der Waals surface area contributed by atoms with E-state index in [1.165, 1.54) is 4.90 Å². The Morgan fingerprint density at radius 3 is 2.33 bits per heavy atom. The maximum absolute atomic E-state index is 13.4. The van der Waals surface area contributed by atoms with Crippen molar-refractivity contribution in [1.29, 1.82) is 0 Å². The molecule has 0 spiro atoms. The minimum Gasteiger partial charge on any atom is -0.448 e. The first-order chi connectivity index (χ1) is 14.6. The maximum atomic E-state index is 13.4. The smallest absolute Gasteiger partial charge is 0.356 e. The molecule has 2 N–H and O–H groups in total. The van der Waals surface area contributed by atoms with Gasteiger partial charge in [-0.3, -0.25) is 9.69 Å². The number of carbonyl (C=O) groups excluding carboxylic acids is 2. The predicted octanol–water partition coefficient (Wildman–Crippen LogP) is 3.78. The number of fused-ring (bicyclic) bond motifs is 1. The van der Waals surface area contributed by atoms with Gasteiger partial charge in [0.05, 0.1) is 0 Å². The van der Waals surface area contributed by atoms with E-state index < -0.39 is 18.1 Å². The Kier molecular flexibility index (Phi) is 6.06. The summed E-state index contributed by atoms with van der Waals surface area (Å²) >= 11 is 1.58. The number of nitrogens with two attached hydrogens (primary N) is 1. The number of nitrogens with zero attached hydrogens (tertiary/aromatic N) is 1. The van der Waals surface area contributed by atoms with Gasteiger partial charge in [-0.2, -0.15) is 0 Å². The highest BCUT2D eigenvalue weighted by Crippen LogP contribution is 2.41. The molecule has 0 saturated carbocycles. The molecule has 1 amide bonds. The van der Waals surface area contributed by atoms with Crippen LogP contribution in [0.25, 0.3) is 0 Å². The Morgan fingerprint density at radius 2 is 1.77 bits per heavy atom. The number of rotatable bonds is 6. The van der Waals surface area contributed by atoms with Crippen LogP contribution in [-0.2, 0) is 14.3 Å². The molecule has 2 aromatic rings. The van der Waals surface area contributed by atoms with Gasteiger partial charge >= 0.3 is 5.97 Å². The van der Waals surface area contributed by atoms with E-state index in [-0.39, 0.29) is 11.3 Å². The number of ether oxygens (including phenoxy) is 1. The van der Waals surface area contributed by atoms with Crippen LogP contribution in [0.2, 0.25) is 0 Å². The van der Waals surface area contributed by atoms with Gasteiger partial charge in [0.25, 0.3) is 0 Å². The van der Waals surface area contributed by atoms with Crippen LogP contribution in [0.1, 0.15) is 30.6 Å². The quantitative estimate of drug-likeness (QED) is 0.569. The molecule has 30 heavy (non-hydrogen) atoms. The first kappa shape index (κ1) is 20.4. The summed E-state index contributed by atoms with van der Waals surface area (Å²) in [5, 5.41) is -0.217. The zero-order valence-corrected chi connectivity index (χ0v) is 17.5. The second-order valence-corrected chi connectivity index (χ2v) is 8.33. The molecule has 2 aromatic carbocycles. The van der Waals surface area contributed by atoms with Crippen molar-refractivity contribution >= 4 is 23.6 Å². The molecule has 0 radical (unpaired) electrons. The Bertz CT molecular complexity index is 949. The summed E-state index contributed by atoms with van der Waals surface area (Å²) in [6.45, 7) is 2.03. The molecule has 1 fully saturated rings. The lowest BCUT2D eigenvalue weighted by atomic mass is 10.0. The predicted molar refractivity (Wildman–Crippen MR) is 118 cm³/mol. The minimum absolute atomic E-state index is 0.217. The van der Waals surface area contributed by atoms with E-state index in [1.807, 2.05) is 79.7 Å². The van der Waals surface area contributed by atoms with Crippen molar-refractivity contribution in [2.24, 2.45) is 5.73 Å². The number of β-lactam (4-membered cyclic amide) rings is 1. The number of allylic oxidation sites excluding steroid dienone is 2. The average molecular weight is 421 g/mol. The summed E-state index contributed by atoms with van der Waals surface area (Å²) in [4.78, 5) is 27.4. The highest BCUT2D eigenvalue weighted by Gasteiger charge is 2.52. The lowest BCUT2D eigenvalue weighted by molar-refractivity contribution is -0.153. The highest BCUT2D eigenvalue weighted by molar-refractivity contribution is 8.00. The van der Waals surface area contributed by atoms with Crippen molar-refractivity contribution in [3.05, 3.63) is 95.2 Å². The normalized spacial score (nSPS) is 21.0. The van der Waals surface area contributed by atoms with Gasteiger partial charge in [-0.25, -0.2) is 4.79 Å². The summed E-state index contributed by atoms with van der Waals surface area (Å²) in [5.74, 6) is -0.128. The van der Waals surface area contributed by atoms with Crippen LogP contribution in [0, 0.1) is 0 Å². The molecule has 2 aliphatic heterocycles. The van der Waals surface area contributed by atoms with Gasteiger partial charge in [-0.1, -0.05) is 79.7 Å². The van der Waals surface area contributed by atoms with E-state index in [0.717, 1.165) is 23.1 Å². The molecule has 1 unspecified atom stereocenters. The van der Waals surface area contributed by atoms with Crippen LogP contribution in [0.3, 0.4) is 0 Å². The molecule has 0 aliphatic carbocycles. The third-order valence-electron chi connectivity index (χ3n) is 5.22. The fourth-order valence-corrected chi connectivity index (χ4v) is 4.93. The number of carbonyl (C=O) groups is 2. The van der Waals surface area contributed by atoms with Gasteiger partial charge in [0.2, 0.25) is 5.91 Å². The highest BCUT2D eigenvalue weighted by atomic mass is 32.2. The largest absolute Gasteiger partial charge is 0.448 e. The van der Waals surface area contributed by atoms with Crippen LogP contribution in [0.15, 0.2) is 84.1 Å². The Morgan fingerprint density at radius 1 is 1.17 bits per heavy atom. The summed E-state index contributed by atoms with van der Waals surface area (Å²) in [6, 6.07) is 18.7. The van der Waals surface area contributed by atoms with Crippen molar-refractivity contribution in [1.82, 2.24) is 4.90 Å². The lowest BCUT2D eigenvalue weighted by Crippen LogP contribution is -2.68.